The first-order valence-electron chi connectivity index (χ1n) is 4.26. The molecule has 0 spiro atoms. The summed E-state index contributed by atoms with van der Waals surface area (Å²) in [6.45, 7) is 2.89. The third-order valence-electron chi connectivity index (χ3n) is 1.97. The Hall–Kier alpha value is -1.17. The molecule has 0 unspecified atom stereocenters. The minimum absolute atomic E-state index is 0.465. The second-order valence-electron chi connectivity index (χ2n) is 2.99. The van der Waals surface area contributed by atoms with E-state index in [-0.39, 0.29) is 0 Å². The van der Waals surface area contributed by atoms with Crippen LogP contribution in [0, 0.1) is 6.92 Å². The van der Waals surface area contributed by atoms with Crippen LogP contribution in [0.5, 0.6) is 0 Å². The van der Waals surface area contributed by atoms with Gasteiger partial charge >= 0.3 is 0 Å². The summed E-state index contributed by atoms with van der Waals surface area (Å²) in [5.41, 5.74) is 1.64. The molecular weight excluding hydrogens is 202 g/mol. The molecule has 1 aromatic rings. The molecule has 0 fully saturated rings. The predicted octanol–water partition coefficient (Wildman–Crippen LogP) is 0.726. The van der Waals surface area contributed by atoms with Gasteiger partial charge in [-0.15, -0.1) is 12.6 Å². The number of aromatic nitrogens is 2. The zero-order valence-electron chi connectivity index (χ0n) is 8.02. The van der Waals surface area contributed by atoms with Crippen LogP contribution in [-0.2, 0) is 16.6 Å². The molecule has 0 amide bonds. The normalized spacial score (nSPS) is 15.8. The van der Waals surface area contributed by atoms with E-state index in [1.54, 1.807) is 4.68 Å². The van der Waals surface area contributed by atoms with Crippen molar-refractivity contribution in [2.75, 3.05) is 13.2 Å². The Morgan fingerprint density at radius 1 is 1.43 bits per heavy atom. The molecule has 2 rings (SSSR count). The minimum Gasteiger partial charge on any atom is -0.471 e. The van der Waals surface area contributed by atoms with Crippen LogP contribution in [0.15, 0.2) is 10.2 Å². The lowest BCUT2D eigenvalue weighted by Crippen LogP contribution is -2.17. The lowest BCUT2D eigenvalue weighted by molar-refractivity contribution is 0.0653. The summed E-state index contributed by atoms with van der Waals surface area (Å²) in [6, 6.07) is 0. The Balaban J connectivity index is 2.44. The van der Waals surface area contributed by atoms with Crippen molar-refractivity contribution in [1.82, 2.24) is 9.78 Å². The Labute approximate surface area is 87.1 Å². The van der Waals surface area contributed by atoms with Crippen LogP contribution >= 0.6 is 12.6 Å². The van der Waals surface area contributed by atoms with Crippen LogP contribution in [0.3, 0.4) is 0 Å². The second kappa shape index (κ2) is 3.53. The number of hydrogen-bond donors (Lipinski definition) is 1. The first kappa shape index (κ1) is 9.39. The van der Waals surface area contributed by atoms with E-state index in [0.29, 0.717) is 19.1 Å². The van der Waals surface area contributed by atoms with Crippen LogP contribution < -0.4 is 0 Å². The predicted molar refractivity (Wildman–Crippen MR) is 53.6 cm³/mol. The van der Waals surface area contributed by atoms with E-state index in [1.807, 2.05) is 14.0 Å². The quantitative estimate of drug-likeness (QED) is 0.699. The monoisotopic (exact) mass is 213 g/mol. The molecule has 5 nitrogen and oxygen atoms in total. The van der Waals surface area contributed by atoms with Gasteiger partial charge in [-0.25, -0.2) is 0 Å². The van der Waals surface area contributed by atoms with E-state index in [9.17, 15) is 0 Å². The Morgan fingerprint density at radius 2 is 2.21 bits per heavy atom. The van der Waals surface area contributed by atoms with Gasteiger partial charge in [-0.3, -0.25) is 4.68 Å². The molecule has 1 aliphatic rings. The molecule has 0 aliphatic carbocycles. The van der Waals surface area contributed by atoms with Crippen LogP contribution in [0.1, 0.15) is 11.3 Å². The lowest BCUT2D eigenvalue weighted by Gasteiger charge is -2.13. The van der Waals surface area contributed by atoms with Crippen molar-refractivity contribution in [2.24, 2.45) is 12.2 Å². The van der Waals surface area contributed by atoms with Gasteiger partial charge in [0, 0.05) is 7.05 Å². The largest absolute Gasteiger partial charge is 0.471 e. The summed E-state index contributed by atoms with van der Waals surface area (Å²) in [6.07, 6.45) is 0. The maximum absolute atomic E-state index is 5.36. The highest BCUT2D eigenvalue weighted by atomic mass is 32.1. The summed E-state index contributed by atoms with van der Waals surface area (Å²) in [5.74, 6) is 0.465. The molecule has 1 aromatic heterocycles. The van der Waals surface area contributed by atoms with E-state index in [4.69, 9.17) is 9.57 Å². The Bertz CT molecular complexity index is 386. The summed E-state index contributed by atoms with van der Waals surface area (Å²) in [5, 5.41) is 8.77. The molecule has 0 saturated heterocycles. The molecule has 0 saturated carbocycles. The van der Waals surface area contributed by atoms with Crippen molar-refractivity contribution < 1.29 is 9.57 Å². The van der Waals surface area contributed by atoms with Gasteiger partial charge in [-0.1, -0.05) is 0 Å². The average Bonchev–Trinajstić information content (AvgIpc) is 2.43. The molecule has 0 aromatic carbocycles. The van der Waals surface area contributed by atoms with E-state index in [2.05, 4.69) is 22.9 Å². The van der Waals surface area contributed by atoms with Crippen molar-refractivity contribution >= 4 is 18.5 Å². The minimum atomic E-state index is 0.465. The van der Waals surface area contributed by atoms with Crippen LogP contribution in [0.4, 0.5) is 0 Å². The molecule has 0 radical (unpaired) electrons. The van der Waals surface area contributed by atoms with Crippen molar-refractivity contribution in [2.45, 2.75) is 11.9 Å². The van der Waals surface area contributed by atoms with Crippen LogP contribution in [0.25, 0.3) is 0 Å². The molecule has 76 valence electrons. The van der Waals surface area contributed by atoms with Crippen LogP contribution in [-0.4, -0.2) is 28.9 Å². The van der Waals surface area contributed by atoms with Crippen molar-refractivity contribution in [1.29, 1.82) is 0 Å². The maximum Gasteiger partial charge on any atom is 0.262 e. The number of rotatable bonds is 1. The topological polar surface area (TPSA) is 48.6 Å². The zero-order valence-corrected chi connectivity index (χ0v) is 8.91. The van der Waals surface area contributed by atoms with Gasteiger partial charge in [-0.2, -0.15) is 5.10 Å². The highest BCUT2D eigenvalue weighted by Crippen LogP contribution is 2.19. The molecule has 14 heavy (non-hydrogen) atoms. The van der Waals surface area contributed by atoms with Crippen LogP contribution in [0.2, 0.25) is 0 Å². The number of nitrogens with zero attached hydrogens (tertiary/aromatic N) is 3. The molecule has 0 atom stereocenters. The second-order valence-corrected chi connectivity index (χ2v) is 3.41. The van der Waals surface area contributed by atoms with E-state index in [1.165, 1.54) is 0 Å². The van der Waals surface area contributed by atoms with Gasteiger partial charge in [-0.05, 0) is 12.1 Å². The van der Waals surface area contributed by atoms with E-state index >= 15 is 0 Å². The number of aryl methyl sites for hydroxylation is 2. The smallest absolute Gasteiger partial charge is 0.262 e. The summed E-state index contributed by atoms with van der Waals surface area (Å²) in [4.78, 5) is 4.95. The van der Waals surface area contributed by atoms with Gasteiger partial charge in [0.05, 0.1) is 11.3 Å². The van der Waals surface area contributed by atoms with Crippen molar-refractivity contribution in [3.05, 3.63) is 11.3 Å². The zero-order chi connectivity index (χ0) is 10.1. The number of ether oxygens (including phenoxy) is 1. The van der Waals surface area contributed by atoms with Gasteiger partial charge in [0.1, 0.15) is 11.6 Å². The van der Waals surface area contributed by atoms with Gasteiger partial charge in [0.2, 0.25) is 0 Å². The summed E-state index contributed by atoms with van der Waals surface area (Å²) < 4.78 is 7.04. The van der Waals surface area contributed by atoms with Gasteiger partial charge < -0.3 is 9.57 Å². The first-order chi connectivity index (χ1) is 6.70. The third-order valence-corrected chi connectivity index (χ3v) is 2.48. The molecule has 6 heteroatoms. The number of hydrogen-bond acceptors (Lipinski definition) is 5. The summed E-state index contributed by atoms with van der Waals surface area (Å²) in [7, 11) is 1.82. The fourth-order valence-corrected chi connectivity index (χ4v) is 1.62. The van der Waals surface area contributed by atoms with E-state index < -0.39 is 0 Å². The maximum atomic E-state index is 5.36. The highest BCUT2D eigenvalue weighted by Gasteiger charge is 2.20. The standard InChI is InChI=1S/C8H11N3O2S/c1-5-6(8(14)11(2)9-5)7-10-13-4-3-12-7/h14H,3-4H2,1-2H3. The average molecular weight is 213 g/mol. The molecular formula is C8H11N3O2S. The third kappa shape index (κ3) is 1.45. The Morgan fingerprint density at radius 3 is 2.71 bits per heavy atom. The van der Waals surface area contributed by atoms with Gasteiger partial charge in [0.15, 0.2) is 6.61 Å². The van der Waals surface area contributed by atoms with Crippen molar-refractivity contribution in [3.63, 3.8) is 0 Å². The molecule has 1 aliphatic heterocycles. The molecule has 0 bridgehead atoms. The highest BCUT2D eigenvalue weighted by molar-refractivity contribution is 7.80. The van der Waals surface area contributed by atoms with E-state index in [0.717, 1.165) is 16.3 Å². The summed E-state index contributed by atoms with van der Waals surface area (Å²) >= 11 is 4.33. The SMILES string of the molecule is Cc1nn(C)c(S)c1C1=NOCCO1. The first-order valence-corrected chi connectivity index (χ1v) is 4.70. The Kier molecular flexibility index (Phi) is 2.37. The lowest BCUT2D eigenvalue weighted by atomic mass is 10.2. The fraction of sp³-hybridized carbons (Fsp3) is 0.500. The molecule has 0 N–H and O–H groups in total. The fourth-order valence-electron chi connectivity index (χ4n) is 1.32. The number of thiol groups is 1. The number of oxime groups is 1. The molecule has 2 heterocycles. The van der Waals surface area contributed by atoms with Gasteiger partial charge in [0.25, 0.3) is 5.90 Å². The van der Waals surface area contributed by atoms with Crippen molar-refractivity contribution in [3.8, 4) is 0 Å².